The lowest BCUT2D eigenvalue weighted by Gasteiger charge is -2.15. The molecule has 5 nitrogen and oxygen atoms in total. The van der Waals surface area contributed by atoms with Gasteiger partial charge in [0.25, 0.3) is 0 Å². The second kappa shape index (κ2) is 7.03. The fraction of sp³-hybridized carbons (Fsp3) is 0.150. The molecule has 6 heteroatoms. The topological polar surface area (TPSA) is 87.6 Å². The van der Waals surface area contributed by atoms with Crippen molar-refractivity contribution in [1.29, 1.82) is 5.26 Å². The maximum Gasteiger partial charge on any atom is 0.161 e. The molecule has 3 N–H and O–H groups in total. The standard InChI is InChI=1S/C20H18ClN5/c1-11-6-12(2)18(13(3)7-11)25-20-16(21)10-24-19(26-20)14-4-5-15(9-22)17(23)8-14/h4-8,10H,23H2,1-3H3,(H,24,25,26). The van der Waals surface area contributed by atoms with E-state index in [0.717, 1.165) is 22.4 Å². The molecule has 130 valence electrons. The lowest BCUT2D eigenvalue weighted by molar-refractivity contribution is 1.17. The minimum Gasteiger partial charge on any atom is -0.398 e. The molecule has 0 saturated heterocycles. The summed E-state index contributed by atoms with van der Waals surface area (Å²) in [7, 11) is 0. The highest BCUT2D eigenvalue weighted by molar-refractivity contribution is 6.33. The third-order valence-corrected chi connectivity index (χ3v) is 4.37. The van der Waals surface area contributed by atoms with Crippen molar-refractivity contribution in [3.8, 4) is 17.5 Å². The summed E-state index contributed by atoms with van der Waals surface area (Å²) in [6, 6.07) is 11.4. The van der Waals surface area contributed by atoms with Crippen LogP contribution in [-0.2, 0) is 0 Å². The van der Waals surface area contributed by atoms with Gasteiger partial charge in [-0.3, -0.25) is 0 Å². The van der Waals surface area contributed by atoms with Crippen LogP contribution in [0.15, 0.2) is 36.5 Å². The highest BCUT2D eigenvalue weighted by atomic mass is 35.5. The average molecular weight is 364 g/mol. The summed E-state index contributed by atoms with van der Waals surface area (Å²) < 4.78 is 0. The Hall–Kier alpha value is -3.10. The molecule has 0 aliphatic heterocycles. The van der Waals surface area contributed by atoms with Crippen LogP contribution >= 0.6 is 11.6 Å². The van der Waals surface area contributed by atoms with Crippen molar-refractivity contribution in [3.63, 3.8) is 0 Å². The number of rotatable bonds is 3. The largest absolute Gasteiger partial charge is 0.398 e. The normalized spacial score (nSPS) is 10.4. The first-order valence-corrected chi connectivity index (χ1v) is 8.44. The first kappa shape index (κ1) is 17.7. The maximum absolute atomic E-state index is 9.01. The van der Waals surface area contributed by atoms with Crippen molar-refractivity contribution in [3.05, 3.63) is 63.8 Å². The highest BCUT2D eigenvalue weighted by Gasteiger charge is 2.12. The van der Waals surface area contributed by atoms with Gasteiger partial charge in [-0.25, -0.2) is 9.97 Å². The summed E-state index contributed by atoms with van der Waals surface area (Å²) in [5, 5.41) is 12.7. The first-order chi connectivity index (χ1) is 12.4. The molecule has 0 saturated carbocycles. The number of hydrogen-bond acceptors (Lipinski definition) is 5. The molecular weight excluding hydrogens is 346 g/mol. The van der Waals surface area contributed by atoms with Crippen LogP contribution in [0.1, 0.15) is 22.3 Å². The van der Waals surface area contributed by atoms with Gasteiger partial charge in [0.05, 0.1) is 17.4 Å². The summed E-state index contributed by atoms with van der Waals surface area (Å²) in [5.74, 6) is 1.00. The second-order valence-electron chi connectivity index (χ2n) is 6.20. The fourth-order valence-corrected chi connectivity index (χ4v) is 3.03. The molecule has 3 aromatic rings. The molecule has 1 heterocycles. The van der Waals surface area contributed by atoms with E-state index in [9.17, 15) is 0 Å². The van der Waals surface area contributed by atoms with Gasteiger partial charge in [0, 0.05) is 11.3 Å². The van der Waals surface area contributed by atoms with Crippen LogP contribution in [0.25, 0.3) is 11.4 Å². The van der Waals surface area contributed by atoms with Gasteiger partial charge in [0.2, 0.25) is 0 Å². The summed E-state index contributed by atoms with van der Waals surface area (Å²) in [6.45, 7) is 6.15. The van der Waals surface area contributed by atoms with Crippen molar-refractivity contribution in [2.24, 2.45) is 0 Å². The maximum atomic E-state index is 9.01. The number of aryl methyl sites for hydroxylation is 3. The fourth-order valence-electron chi connectivity index (χ4n) is 2.89. The second-order valence-corrected chi connectivity index (χ2v) is 6.61. The molecule has 26 heavy (non-hydrogen) atoms. The third kappa shape index (κ3) is 3.46. The van der Waals surface area contributed by atoms with Crippen LogP contribution in [0, 0.1) is 32.1 Å². The minimum atomic E-state index is 0.392. The van der Waals surface area contributed by atoms with Gasteiger partial charge < -0.3 is 11.1 Å². The van der Waals surface area contributed by atoms with Crippen molar-refractivity contribution in [2.75, 3.05) is 11.1 Å². The molecule has 0 radical (unpaired) electrons. The molecule has 0 spiro atoms. The van der Waals surface area contributed by atoms with Crippen molar-refractivity contribution in [1.82, 2.24) is 9.97 Å². The number of halogens is 1. The Morgan fingerprint density at radius 3 is 2.42 bits per heavy atom. The van der Waals surface area contributed by atoms with Gasteiger partial charge >= 0.3 is 0 Å². The molecular formula is C20H18ClN5. The molecule has 0 fully saturated rings. The Labute approximate surface area is 157 Å². The van der Waals surface area contributed by atoms with Crippen molar-refractivity contribution in [2.45, 2.75) is 20.8 Å². The van der Waals surface area contributed by atoms with E-state index in [1.165, 1.54) is 5.56 Å². The summed E-state index contributed by atoms with van der Waals surface area (Å²) >= 11 is 6.29. The Morgan fingerprint density at radius 2 is 1.81 bits per heavy atom. The van der Waals surface area contributed by atoms with E-state index in [4.69, 9.17) is 22.6 Å². The van der Waals surface area contributed by atoms with Crippen molar-refractivity contribution >= 4 is 28.8 Å². The zero-order chi connectivity index (χ0) is 18.8. The zero-order valence-corrected chi connectivity index (χ0v) is 15.5. The van der Waals surface area contributed by atoms with Crippen LogP contribution in [0.3, 0.4) is 0 Å². The van der Waals surface area contributed by atoms with Gasteiger partial charge in [0.15, 0.2) is 11.6 Å². The Balaban J connectivity index is 2.02. The van der Waals surface area contributed by atoms with Crippen LogP contribution in [0.2, 0.25) is 5.02 Å². The Morgan fingerprint density at radius 1 is 1.12 bits per heavy atom. The van der Waals surface area contributed by atoms with Crippen LogP contribution < -0.4 is 11.1 Å². The van der Waals surface area contributed by atoms with E-state index in [1.807, 2.05) is 19.9 Å². The number of nitrogen functional groups attached to an aromatic ring is 1. The highest BCUT2D eigenvalue weighted by Crippen LogP contribution is 2.30. The molecule has 0 bridgehead atoms. The van der Waals surface area contributed by atoms with Gasteiger partial charge in [-0.2, -0.15) is 5.26 Å². The van der Waals surface area contributed by atoms with E-state index < -0.39 is 0 Å². The minimum absolute atomic E-state index is 0.392. The number of nitrogens with two attached hydrogens (primary N) is 1. The predicted molar refractivity (Wildman–Crippen MR) is 106 cm³/mol. The molecule has 2 aromatic carbocycles. The number of nitriles is 1. The SMILES string of the molecule is Cc1cc(C)c(Nc2nc(-c3ccc(C#N)c(N)c3)ncc2Cl)c(C)c1. The predicted octanol–water partition coefficient (Wildman–Crippen LogP) is 4.92. The monoisotopic (exact) mass is 363 g/mol. The number of nitrogens with zero attached hydrogens (tertiary/aromatic N) is 3. The molecule has 1 aromatic heterocycles. The number of nitrogens with one attached hydrogen (secondary N) is 1. The Kier molecular flexibility index (Phi) is 4.79. The zero-order valence-electron chi connectivity index (χ0n) is 14.8. The van der Waals surface area contributed by atoms with Crippen LogP contribution in [-0.4, -0.2) is 9.97 Å². The van der Waals surface area contributed by atoms with E-state index >= 15 is 0 Å². The smallest absolute Gasteiger partial charge is 0.161 e. The van der Waals surface area contributed by atoms with E-state index in [-0.39, 0.29) is 0 Å². The van der Waals surface area contributed by atoms with Crippen molar-refractivity contribution < 1.29 is 0 Å². The van der Waals surface area contributed by atoms with Crippen LogP contribution in [0.5, 0.6) is 0 Å². The lowest BCUT2D eigenvalue weighted by Crippen LogP contribution is -2.02. The quantitative estimate of drug-likeness (QED) is 0.645. The van der Waals surface area contributed by atoms with Gasteiger partial charge in [-0.1, -0.05) is 29.3 Å². The van der Waals surface area contributed by atoms with E-state index in [1.54, 1.807) is 24.4 Å². The van der Waals surface area contributed by atoms with Gasteiger partial charge in [-0.15, -0.1) is 0 Å². The number of benzene rings is 2. The number of aromatic nitrogens is 2. The Bertz CT molecular complexity index is 1010. The van der Waals surface area contributed by atoms with E-state index in [2.05, 4.69) is 34.3 Å². The summed E-state index contributed by atoms with van der Waals surface area (Å²) in [5.41, 5.74) is 11.8. The average Bonchev–Trinajstić information content (AvgIpc) is 2.59. The number of anilines is 3. The van der Waals surface area contributed by atoms with Crippen LogP contribution in [0.4, 0.5) is 17.2 Å². The first-order valence-electron chi connectivity index (χ1n) is 8.06. The molecule has 0 unspecified atom stereocenters. The molecule has 0 aliphatic rings. The summed E-state index contributed by atoms with van der Waals surface area (Å²) in [6.07, 6.45) is 1.56. The number of hydrogen-bond donors (Lipinski definition) is 2. The van der Waals surface area contributed by atoms with Gasteiger partial charge in [-0.05, 0) is 50.1 Å². The molecule has 0 aliphatic carbocycles. The molecule has 0 amide bonds. The van der Waals surface area contributed by atoms with Gasteiger partial charge in [0.1, 0.15) is 11.1 Å². The third-order valence-electron chi connectivity index (χ3n) is 4.09. The van der Waals surface area contributed by atoms with E-state index in [0.29, 0.717) is 27.9 Å². The lowest BCUT2D eigenvalue weighted by atomic mass is 10.1. The summed E-state index contributed by atoms with van der Waals surface area (Å²) in [4.78, 5) is 8.83. The molecule has 0 atom stereocenters. The molecule has 3 rings (SSSR count).